The molecule has 11 nitrogen and oxygen atoms in total. The smallest absolute Gasteiger partial charge is 0.475 e. The van der Waals surface area contributed by atoms with Crippen molar-refractivity contribution in [3.8, 4) is 0 Å². The van der Waals surface area contributed by atoms with E-state index in [0.29, 0.717) is 24.7 Å². The predicted molar refractivity (Wildman–Crippen MR) is 124 cm³/mol. The number of halogens is 6. The van der Waals surface area contributed by atoms with Gasteiger partial charge in [-0.15, -0.1) is 0 Å². The van der Waals surface area contributed by atoms with E-state index >= 15 is 0 Å². The summed E-state index contributed by atoms with van der Waals surface area (Å²) in [6, 6.07) is 0.372. The number of nitrogens with one attached hydrogen (secondary N) is 1. The molecule has 0 aliphatic carbocycles. The maximum absolute atomic E-state index is 12.1. The molecule has 1 aromatic heterocycles. The molecule has 3 N–H and O–H groups in total. The van der Waals surface area contributed by atoms with Gasteiger partial charge in [0.05, 0.1) is 6.20 Å². The van der Waals surface area contributed by atoms with Crippen molar-refractivity contribution in [1.82, 2.24) is 20.0 Å². The Morgan fingerprint density at radius 1 is 1.13 bits per heavy atom. The van der Waals surface area contributed by atoms with Gasteiger partial charge >= 0.3 is 24.3 Å². The van der Waals surface area contributed by atoms with Crippen molar-refractivity contribution < 1.29 is 55.8 Å². The van der Waals surface area contributed by atoms with Gasteiger partial charge in [0.1, 0.15) is 5.71 Å². The number of carboxylic acids is 2. The fourth-order valence-corrected chi connectivity index (χ4v) is 3.53. The lowest BCUT2D eigenvalue weighted by molar-refractivity contribution is -0.193. The van der Waals surface area contributed by atoms with Crippen molar-refractivity contribution in [2.45, 2.75) is 77.0 Å². The first-order valence-electron chi connectivity index (χ1n) is 11.8. The number of amides is 1. The van der Waals surface area contributed by atoms with Gasteiger partial charge in [-0.05, 0) is 39.7 Å². The number of piperidine rings is 1. The number of aromatic nitrogens is 2. The van der Waals surface area contributed by atoms with Crippen molar-refractivity contribution in [1.29, 1.82) is 0 Å². The second-order valence-corrected chi connectivity index (χ2v) is 9.09. The van der Waals surface area contributed by atoms with E-state index in [1.807, 2.05) is 17.8 Å². The van der Waals surface area contributed by atoms with E-state index in [2.05, 4.69) is 40.5 Å². The van der Waals surface area contributed by atoms with Gasteiger partial charge < -0.3 is 20.4 Å². The van der Waals surface area contributed by atoms with E-state index in [1.54, 1.807) is 0 Å². The Labute approximate surface area is 219 Å². The molecule has 0 aromatic carbocycles. The van der Waals surface area contributed by atoms with Crippen LogP contribution in [0.2, 0.25) is 0 Å². The number of likely N-dealkylation sites (tertiary alicyclic amines) is 1. The van der Waals surface area contributed by atoms with Crippen molar-refractivity contribution in [3.05, 3.63) is 18.0 Å². The maximum Gasteiger partial charge on any atom is 0.490 e. The summed E-state index contributed by atoms with van der Waals surface area (Å²) in [6.07, 6.45) is -2.59. The Morgan fingerprint density at radius 3 is 2.15 bits per heavy atom. The average Bonchev–Trinajstić information content (AvgIpc) is 3.45. The van der Waals surface area contributed by atoms with Gasteiger partial charge in [0.15, 0.2) is 5.60 Å². The van der Waals surface area contributed by atoms with Crippen LogP contribution in [0.15, 0.2) is 17.5 Å². The highest BCUT2D eigenvalue weighted by Crippen LogP contribution is 2.34. The monoisotopic (exact) mass is 575 g/mol. The first-order valence-corrected chi connectivity index (χ1v) is 11.8. The minimum absolute atomic E-state index is 0.0888. The summed E-state index contributed by atoms with van der Waals surface area (Å²) < 4.78 is 65.5. The average molecular weight is 576 g/mol. The van der Waals surface area contributed by atoms with E-state index in [9.17, 15) is 31.1 Å². The lowest BCUT2D eigenvalue weighted by atomic mass is 9.88. The van der Waals surface area contributed by atoms with E-state index in [1.165, 1.54) is 5.56 Å². The molecule has 1 fully saturated rings. The summed E-state index contributed by atoms with van der Waals surface area (Å²) in [5, 5.41) is 25.6. The summed E-state index contributed by atoms with van der Waals surface area (Å²) in [7, 11) is 0. The van der Waals surface area contributed by atoms with Crippen LogP contribution in [0.3, 0.4) is 0 Å². The van der Waals surface area contributed by atoms with Crippen LogP contribution in [0.4, 0.5) is 26.3 Å². The molecule has 2 aliphatic heterocycles. The van der Waals surface area contributed by atoms with Crippen LogP contribution in [-0.2, 0) is 25.8 Å². The largest absolute Gasteiger partial charge is 0.490 e. The second kappa shape index (κ2) is 14.1. The fraction of sp³-hybridized carbons (Fsp3) is 0.682. The molecule has 222 valence electrons. The van der Waals surface area contributed by atoms with Crippen LogP contribution in [-0.4, -0.2) is 86.0 Å². The molecule has 1 spiro atoms. The number of carboxylic acid groups (broad SMARTS) is 2. The Kier molecular flexibility index (Phi) is 12.2. The minimum atomic E-state index is -5.08. The standard InChI is InChI=1S/C18H29N5O2.2C2HF3O2/c1-4-7-19-17(24)16-9-18(25-21-16)6-5-8-22(13-18)11-15-10-20-23(12-15)14(2)3;2*3-2(4,5)1(6)7/h10,12,14H,4-9,11,13H2,1-3H3,(H,19,24);2*(H,6,7). The zero-order chi connectivity index (χ0) is 30.0. The Bertz CT molecular complexity index is 986. The van der Waals surface area contributed by atoms with Crippen LogP contribution < -0.4 is 5.32 Å². The molecule has 17 heteroatoms. The van der Waals surface area contributed by atoms with E-state index in [-0.39, 0.29) is 11.5 Å². The number of carbonyl (C=O) groups excluding carboxylic acids is 1. The van der Waals surface area contributed by atoms with Gasteiger partial charge in [-0.25, -0.2) is 9.59 Å². The lowest BCUT2D eigenvalue weighted by Gasteiger charge is -2.38. The number of nitrogens with zero attached hydrogens (tertiary/aromatic N) is 4. The third-order valence-electron chi connectivity index (χ3n) is 5.33. The van der Waals surface area contributed by atoms with Gasteiger partial charge in [-0.1, -0.05) is 12.1 Å². The van der Waals surface area contributed by atoms with Crippen molar-refractivity contribution in [3.63, 3.8) is 0 Å². The molecule has 39 heavy (non-hydrogen) atoms. The normalized spacial score (nSPS) is 19.3. The molecule has 2 aliphatic rings. The Balaban J connectivity index is 0.000000449. The number of alkyl halides is 6. The molecular weight excluding hydrogens is 544 g/mol. The summed E-state index contributed by atoms with van der Waals surface area (Å²) in [6.45, 7) is 9.66. The first-order chi connectivity index (χ1) is 17.9. The van der Waals surface area contributed by atoms with Gasteiger partial charge in [-0.2, -0.15) is 31.4 Å². The number of oxime groups is 1. The Morgan fingerprint density at radius 2 is 1.69 bits per heavy atom. The Hall–Kier alpha value is -3.37. The molecule has 1 saturated heterocycles. The van der Waals surface area contributed by atoms with E-state index < -0.39 is 24.3 Å². The second-order valence-electron chi connectivity index (χ2n) is 9.09. The van der Waals surface area contributed by atoms with Crippen molar-refractivity contribution in [2.24, 2.45) is 5.16 Å². The van der Waals surface area contributed by atoms with Gasteiger partial charge in [0.2, 0.25) is 0 Å². The van der Waals surface area contributed by atoms with Crippen LogP contribution in [0.5, 0.6) is 0 Å². The summed E-state index contributed by atoms with van der Waals surface area (Å²) >= 11 is 0. The van der Waals surface area contributed by atoms with E-state index in [4.69, 9.17) is 24.6 Å². The van der Waals surface area contributed by atoms with Gasteiger partial charge in [0, 0.05) is 43.9 Å². The molecule has 1 unspecified atom stereocenters. The topological polar surface area (TPSA) is 146 Å². The number of hydrogen-bond acceptors (Lipinski definition) is 7. The third-order valence-corrected chi connectivity index (χ3v) is 5.33. The predicted octanol–water partition coefficient (Wildman–Crippen LogP) is 3.37. The molecule has 0 radical (unpaired) electrons. The molecule has 1 atom stereocenters. The molecule has 3 rings (SSSR count). The van der Waals surface area contributed by atoms with E-state index in [0.717, 1.165) is 38.9 Å². The molecular formula is C22H31F6N5O6. The zero-order valence-corrected chi connectivity index (χ0v) is 21.5. The van der Waals surface area contributed by atoms with Crippen LogP contribution in [0.1, 0.15) is 58.1 Å². The first kappa shape index (κ1) is 33.7. The van der Waals surface area contributed by atoms with Crippen LogP contribution in [0.25, 0.3) is 0 Å². The van der Waals surface area contributed by atoms with Gasteiger partial charge in [-0.3, -0.25) is 14.4 Å². The number of rotatable bonds is 6. The molecule has 3 heterocycles. The highest BCUT2D eigenvalue weighted by molar-refractivity contribution is 6.39. The fourth-order valence-electron chi connectivity index (χ4n) is 3.53. The van der Waals surface area contributed by atoms with Crippen LogP contribution >= 0.6 is 0 Å². The molecule has 1 amide bonds. The molecule has 0 bridgehead atoms. The lowest BCUT2D eigenvalue weighted by Crippen LogP contribution is -2.48. The van der Waals surface area contributed by atoms with Crippen LogP contribution in [0, 0.1) is 0 Å². The summed E-state index contributed by atoms with van der Waals surface area (Å²) in [5.41, 5.74) is 1.40. The SMILES string of the molecule is CCCNC(=O)C1=NOC2(CCCN(Cc3cnn(C(C)C)c3)C2)C1.O=C(O)C(F)(F)F.O=C(O)C(F)(F)F. The van der Waals surface area contributed by atoms with Crippen molar-refractivity contribution >= 4 is 23.6 Å². The quantitative estimate of drug-likeness (QED) is 0.438. The minimum Gasteiger partial charge on any atom is -0.475 e. The summed E-state index contributed by atoms with van der Waals surface area (Å²) in [4.78, 5) is 38.1. The third kappa shape index (κ3) is 11.5. The number of carbonyl (C=O) groups is 3. The maximum atomic E-state index is 12.1. The number of aliphatic carboxylic acids is 2. The number of hydrogen-bond donors (Lipinski definition) is 3. The van der Waals surface area contributed by atoms with Gasteiger partial charge in [0.25, 0.3) is 5.91 Å². The molecule has 1 aromatic rings. The highest BCUT2D eigenvalue weighted by atomic mass is 19.4. The van der Waals surface area contributed by atoms with Crippen molar-refractivity contribution in [2.75, 3.05) is 19.6 Å². The highest BCUT2D eigenvalue weighted by Gasteiger charge is 2.44. The molecule has 0 saturated carbocycles. The zero-order valence-electron chi connectivity index (χ0n) is 21.5. The summed E-state index contributed by atoms with van der Waals surface area (Å²) in [5.74, 6) is -5.60.